The van der Waals surface area contributed by atoms with Crippen molar-refractivity contribution in [1.29, 1.82) is 5.26 Å². The zero-order valence-corrected chi connectivity index (χ0v) is 26.1. The van der Waals surface area contributed by atoms with Crippen molar-refractivity contribution >= 4 is 71.2 Å². The number of rotatable bonds is 3. The summed E-state index contributed by atoms with van der Waals surface area (Å²) in [5.41, 5.74) is 10.2. The van der Waals surface area contributed by atoms with Crippen molar-refractivity contribution in [3.8, 4) is 28.6 Å². The first-order valence-corrected chi connectivity index (χ1v) is 16.1. The second-order valence-electron chi connectivity index (χ2n) is 12.3. The third-order valence-electron chi connectivity index (χ3n) is 9.78. The second-order valence-corrected chi connectivity index (χ2v) is 12.3. The lowest BCUT2D eigenvalue weighted by atomic mass is 9.97. The molecule has 0 saturated heterocycles. The SMILES string of the molecule is [C-]#[N+]c1ccc(-n2c3ccccc3c3cc4oc5ccccc5c4cc32)cc1-c1cc(-n2c3ccccc3c3ccccc32)ccc1C#N. The molecular formula is C44H24N4O. The molecule has 7 aromatic carbocycles. The molecule has 5 nitrogen and oxygen atoms in total. The summed E-state index contributed by atoms with van der Waals surface area (Å²) in [7, 11) is 0. The predicted octanol–water partition coefficient (Wildman–Crippen LogP) is 11.9. The lowest BCUT2D eigenvalue weighted by molar-refractivity contribution is 0.669. The maximum absolute atomic E-state index is 10.4. The number of aromatic nitrogens is 2. The van der Waals surface area contributed by atoms with E-state index in [9.17, 15) is 5.26 Å². The standard InChI is InChI=1S/C44H24N4O/c1-46-38-21-20-29(48-41-16-8-4-12-32(41)36-25-44-37(24-42(36)48)33-13-5-9-17-43(33)49-44)23-35(38)34-22-28(19-18-27(34)26-45)47-39-14-6-2-10-30(39)31-11-3-7-15-40(31)47/h2-25H. The molecular weight excluding hydrogens is 601 g/mol. The molecule has 226 valence electrons. The highest BCUT2D eigenvalue weighted by molar-refractivity contribution is 6.17. The van der Waals surface area contributed by atoms with Gasteiger partial charge in [-0.25, -0.2) is 4.85 Å². The fraction of sp³-hybridized carbons (Fsp3) is 0. The van der Waals surface area contributed by atoms with Crippen LogP contribution in [0, 0.1) is 17.9 Å². The molecule has 0 spiro atoms. The lowest BCUT2D eigenvalue weighted by Gasteiger charge is -2.15. The van der Waals surface area contributed by atoms with Crippen LogP contribution in [0.15, 0.2) is 150 Å². The Morgan fingerprint density at radius 2 is 1.04 bits per heavy atom. The molecule has 0 aliphatic rings. The normalized spacial score (nSPS) is 11.6. The van der Waals surface area contributed by atoms with Gasteiger partial charge in [0.05, 0.1) is 40.3 Å². The fourth-order valence-corrected chi connectivity index (χ4v) is 7.63. The Bertz CT molecular complexity index is 3030. The summed E-state index contributed by atoms with van der Waals surface area (Å²) in [4.78, 5) is 3.94. The molecule has 0 unspecified atom stereocenters. The van der Waals surface area contributed by atoms with Crippen LogP contribution in [0.1, 0.15) is 5.56 Å². The number of hydrogen-bond acceptors (Lipinski definition) is 2. The largest absolute Gasteiger partial charge is 0.456 e. The van der Waals surface area contributed by atoms with Crippen molar-refractivity contribution in [1.82, 2.24) is 9.13 Å². The summed E-state index contributed by atoms with van der Waals surface area (Å²) < 4.78 is 10.8. The van der Waals surface area contributed by atoms with Crippen LogP contribution in [0.5, 0.6) is 0 Å². The molecule has 10 rings (SSSR count). The molecule has 0 radical (unpaired) electrons. The Kier molecular flexibility index (Phi) is 5.64. The van der Waals surface area contributed by atoms with Crippen LogP contribution in [0.4, 0.5) is 5.69 Å². The molecule has 0 bridgehead atoms. The summed E-state index contributed by atoms with van der Waals surface area (Å²) in [6.45, 7) is 8.15. The maximum Gasteiger partial charge on any atom is 0.195 e. The molecule has 0 atom stereocenters. The zero-order chi connectivity index (χ0) is 32.6. The molecule has 49 heavy (non-hydrogen) atoms. The van der Waals surface area contributed by atoms with Crippen LogP contribution in [0.3, 0.4) is 0 Å². The molecule has 0 N–H and O–H groups in total. The molecule has 0 aliphatic carbocycles. The first-order chi connectivity index (χ1) is 24.2. The van der Waals surface area contributed by atoms with Crippen LogP contribution in [0.2, 0.25) is 0 Å². The highest BCUT2D eigenvalue weighted by Crippen LogP contribution is 2.42. The summed E-state index contributed by atoms with van der Waals surface area (Å²) in [6.07, 6.45) is 0. The van der Waals surface area contributed by atoms with E-state index in [4.69, 9.17) is 11.0 Å². The average molecular weight is 625 g/mol. The topological polar surface area (TPSA) is 51.1 Å². The van der Waals surface area contributed by atoms with Gasteiger partial charge in [-0.2, -0.15) is 5.26 Å². The van der Waals surface area contributed by atoms with Crippen LogP contribution < -0.4 is 0 Å². The van der Waals surface area contributed by atoms with Gasteiger partial charge in [-0.3, -0.25) is 0 Å². The van der Waals surface area contributed by atoms with Gasteiger partial charge < -0.3 is 13.6 Å². The van der Waals surface area contributed by atoms with E-state index in [1.807, 2.05) is 42.5 Å². The molecule has 0 saturated carbocycles. The monoisotopic (exact) mass is 624 g/mol. The number of nitriles is 1. The maximum atomic E-state index is 10.4. The molecule has 3 heterocycles. The van der Waals surface area contributed by atoms with Gasteiger partial charge in [-0.05, 0) is 77.9 Å². The van der Waals surface area contributed by atoms with Crippen molar-refractivity contribution in [3.63, 3.8) is 0 Å². The Hall–Kier alpha value is -7.08. The molecule has 0 amide bonds. The Balaban J connectivity index is 1.24. The van der Waals surface area contributed by atoms with Gasteiger partial charge in [-0.1, -0.05) is 78.9 Å². The van der Waals surface area contributed by atoms with Crippen molar-refractivity contribution in [3.05, 3.63) is 163 Å². The third kappa shape index (κ3) is 3.85. The first-order valence-electron chi connectivity index (χ1n) is 16.1. The summed E-state index contributed by atoms with van der Waals surface area (Å²) in [5.74, 6) is 0. The third-order valence-corrected chi connectivity index (χ3v) is 9.78. The van der Waals surface area contributed by atoms with Gasteiger partial charge in [0.25, 0.3) is 0 Å². The molecule has 3 aromatic heterocycles. The average Bonchev–Trinajstić information content (AvgIpc) is 3.80. The lowest BCUT2D eigenvalue weighted by Crippen LogP contribution is -1.98. The smallest absolute Gasteiger partial charge is 0.195 e. The van der Waals surface area contributed by atoms with Gasteiger partial charge in [0, 0.05) is 43.7 Å². The Morgan fingerprint density at radius 3 is 1.69 bits per heavy atom. The van der Waals surface area contributed by atoms with Crippen molar-refractivity contribution in [2.45, 2.75) is 0 Å². The van der Waals surface area contributed by atoms with E-state index >= 15 is 0 Å². The van der Waals surface area contributed by atoms with Crippen molar-refractivity contribution in [2.24, 2.45) is 0 Å². The summed E-state index contributed by atoms with van der Waals surface area (Å²) in [5, 5.41) is 17.0. The van der Waals surface area contributed by atoms with Crippen LogP contribution in [-0.4, -0.2) is 9.13 Å². The minimum atomic E-state index is 0.489. The van der Waals surface area contributed by atoms with Gasteiger partial charge in [0.2, 0.25) is 0 Å². The van der Waals surface area contributed by atoms with Crippen molar-refractivity contribution in [2.75, 3.05) is 0 Å². The number of para-hydroxylation sites is 4. The Morgan fingerprint density at radius 1 is 0.490 bits per heavy atom. The van der Waals surface area contributed by atoms with Crippen molar-refractivity contribution < 1.29 is 4.42 Å². The first kappa shape index (κ1) is 27.1. The molecule has 10 aromatic rings. The number of nitrogens with zero attached hydrogens (tertiary/aromatic N) is 4. The number of benzene rings is 7. The van der Waals surface area contributed by atoms with E-state index < -0.39 is 0 Å². The van der Waals surface area contributed by atoms with E-state index in [0.29, 0.717) is 16.8 Å². The molecule has 0 aliphatic heterocycles. The second kappa shape index (κ2) is 10.2. The number of fused-ring (bicyclic) bond motifs is 9. The minimum absolute atomic E-state index is 0.489. The number of hydrogen-bond donors (Lipinski definition) is 0. The van der Waals surface area contributed by atoms with Gasteiger partial charge in [0.15, 0.2) is 5.69 Å². The minimum Gasteiger partial charge on any atom is -0.456 e. The van der Waals surface area contributed by atoms with E-state index in [2.05, 4.69) is 123 Å². The van der Waals surface area contributed by atoms with Gasteiger partial charge in [-0.15, -0.1) is 0 Å². The quantitative estimate of drug-likeness (QED) is 0.184. The number of furan rings is 1. The van der Waals surface area contributed by atoms with E-state index in [0.717, 1.165) is 71.7 Å². The summed E-state index contributed by atoms with van der Waals surface area (Å²) in [6, 6.07) is 51.9. The van der Waals surface area contributed by atoms with Crippen LogP contribution in [0.25, 0.3) is 92.9 Å². The zero-order valence-electron chi connectivity index (χ0n) is 26.1. The fourth-order valence-electron chi connectivity index (χ4n) is 7.63. The Labute approximate surface area is 280 Å². The highest BCUT2D eigenvalue weighted by atomic mass is 16.3. The molecule has 5 heteroatoms. The van der Waals surface area contributed by atoms with Crippen LogP contribution >= 0.6 is 0 Å². The highest BCUT2D eigenvalue weighted by Gasteiger charge is 2.20. The van der Waals surface area contributed by atoms with Gasteiger partial charge >= 0.3 is 0 Å². The molecule has 0 fully saturated rings. The predicted molar refractivity (Wildman–Crippen MR) is 199 cm³/mol. The van der Waals surface area contributed by atoms with Gasteiger partial charge in [0.1, 0.15) is 11.2 Å². The van der Waals surface area contributed by atoms with Crippen LogP contribution in [-0.2, 0) is 0 Å². The van der Waals surface area contributed by atoms with E-state index in [1.165, 1.54) is 10.8 Å². The van der Waals surface area contributed by atoms with E-state index in [1.54, 1.807) is 0 Å². The summed E-state index contributed by atoms with van der Waals surface area (Å²) >= 11 is 0. The van der Waals surface area contributed by atoms with E-state index in [-0.39, 0.29) is 0 Å².